The van der Waals surface area contributed by atoms with Gasteiger partial charge in [0, 0.05) is 18.6 Å². The van der Waals surface area contributed by atoms with Crippen LogP contribution in [0.5, 0.6) is 0 Å². The molecule has 2 aromatic rings. The zero-order valence-electron chi connectivity index (χ0n) is 22.1. The standard InChI is InChI=1S/C28H37O8PSi/c1-21(20-29)24(35-37(31,32)33)16-11-17-25-26(18-19-27(30)34-25)36-38(28(2,3)4,22-12-7-5-8-13-22)23-14-9-6-10-15-23/h5-15,17-19,21,24-26,29H,16,20H2,1-4H3,(H2,31,32,33)/b17-11+/t21-,24-,25-,26-/m0/s1. The van der Waals surface area contributed by atoms with Crippen LogP contribution in [0.15, 0.2) is 85.0 Å². The van der Waals surface area contributed by atoms with Crippen molar-refractivity contribution in [3.63, 3.8) is 0 Å². The number of hydrogen-bond acceptors (Lipinski definition) is 6. The van der Waals surface area contributed by atoms with Gasteiger partial charge in [-0.15, -0.1) is 0 Å². The molecule has 0 fully saturated rings. The van der Waals surface area contributed by atoms with Gasteiger partial charge in [0.05, 0.1) is 6.10 Å². The van der Waals surface area contributed by atoms with Gasteiger partial charge in [0.25, 0.3) is 8.32 Å². The third kappa shape index (κ3) is 7.39. The summed E-state index contributed by atoms with van der Waals surface area (Å²) in [4.78, 5) is 30.7. The molecule has 0 unspecified atom stereocenters. The number of phosphoric acid groups is 1. The summed E-state index contributed by atoms with van der Waals surface area (Å²) in [6.07, 6.45) is 4.16. The Hall–Kier alpha value is -2.36. The Bertz CT molecular complexity index is 1120. The van der Waals surface area contributed by atoms with Crippen LogP contribution >= 0.6 is 7.82 Å². The van der Waals surface area contributed by atoms with Gasteiger partial charge in [-0.25, -0.2) is 9.36 Å². The molecule has 3 N–H and O–H groups in total. The van der Waals surface area contributed by atoms with E-state index in [1.54, 1.807) is 25.2 Å². The third-order valence-corrected chi connectivity index (χ3v) is 12.2. The van der Waals surface area contributed by atoms with E-state index in [9.17, 15) is 24.3 Å². The van der Waals surface area contributed by atoms with Crippen molar-refractivity contribution < 1.29 is 37.9 Å². The topological polar surface area (TPSA) is 123 Å². The zero-order chi connectivity index (χ0) is 28.0. The minimum atomic E-state index is -4.76. The predicted molar refractivity (Wildman–Crippen MR) is 148 cm³/mol. The van der Waals surface area contributed by atoms with Crippen LogP contribution in [-0.4, -0.2) is 54.1 Å². The highest BCUT2D eigenvalue weighted by atomic mass is 31.2. The minimum Gasteiger partial charge on any atom is -0.452 e. The van der Waals surface area contributed by atoms with Crippen molar-refractivity contribution in [3.8, 4) is 0 Å². The Labute approximate surface area is 225 Å². The molecule has 4 atom stereocenters. The lowest BCUT2D eigenvalue weighted by Crippen LogP contribution is -2.68. The normalized spacial score (nSPS) is 20.3. The molecule has 3 rings (SSSR count). The van der Waals surface area contributed by atoms with Gasteiger partial charge in [0.1, 0.15) is 12.2 Å². The number of phosphoric ester groups is 1. The van der Waals surface area contributed by atoms with Gasteiger partial charge in [-0.3, -0.25) is 4.52 Å². The first-order valence-electron chi connectivity index (χ1n) is 12.6. The summed E-state index contributed by atoms with van der Waals surface area (Å²) in [5.74, 6) is -1.03. The van der Waals surface area contributed by atoms with E-state index in [0.29, 0.717) is 0 Å². The van der Waals surface area contributed by atoms with E-state index in [-0.39, 0.29) is 18.1 Å². The molecular formula is C28H37O8PSi. The largest absolute Gasteiger partial charge is 0.469 e. The number of rotatable bonds is 11. The molecule has 10 heteroatoms. The minimum absolute atomic E-state index is 0.0938. The van der Waals surface area contributed by atoms with E-state index in [1.807, 2.05) is 36.4 Å². The molecule has 1 aliphatic heterocycles. The molecule has 206 valence electrons. The van der Waals surface area contributed by atoms with Crippen LogP contribution in [0.2, 0.25) is 5.04 Å². The van der Waals surface area contributed by atoms with Crippen molar-refractivity contribution in [1.82, 2.24) is 0 Å². The Kier molecular flexibility index (Phi) is 10.1. The molecule has 1 aliphatic rings. The van der Waals surface area contributed by atoms with Crippen molar-refractivity contribution in [1.29, 1.82) is 0 Å². The molecule has 2 aromatic carbocycles. The maximum absolute atomic E-state index is 12.2. The number of aliphatic hydroxyl groups excluding tert-OH is 1. The summed E-state index contributed by atoms with van der Waals surface area (Å²) in [6, 6.07) is 20.2. The highest BCUT2D eigenvalue weighted by molar-refractivity contribution is 7.46. The first-order chi connectivity index (χ1) is 17.9. The Morgan fingerprint density at radius 2 is 1.61 bits per heavy atom. The van der Waals surface area contributed by atoms with Gasteiger partial charge < -0.3 is 24.1 Å². The summed E-state index contributed by atoms with van der Waals surface area (Å²) >= 11 is 0. The van der Waals surface area contributed by atoms with E-state index in [0.717, 1.165) is 10.4 Å². The summed E-state index contributed by atoms with van der Waals surface area (Å²) in [5.41, 5.74) is 0. The number of aliphatic hydroxyl groups is 1. The fourth-order valence-corrected chi connectivity index (χ4v) is 9.98. The zero-order valence-corrected chi connectivity index (χ0v) is 24.0. The van der Waals surface area contributed by atoms with Gasteiger partial charge in [-0.1, -0.05) is 94.4 Å². The van der Waals surface area contributed by atoms with Gasteiger partial charge in [0.2, 0.25) is 0 Å². The van der Waals surface area contributed by atoms with E-state index >= 15 is 0 Å². The Morgan fingerprint density at radius 1 is 1.05 bits per heavy atom. The van der Waals surface area contributed by atoms with E-state index in [1.165, 1.54) is 6.08 Å². The van der Waals surface area contributed by atoms with Crippen molar-refractivity contribution in [2.24, 2.45) is 5.92 Å². The molecule has 8 nitrogen and oxygen atoms in total. The lowest BCUT2D eigenvalue weighted by Gasteiger charge is -2.45. The smallest absolute Gasteiger partial charge is 0.452 e. The van der Waals surface area contributed by atoms with Crippen LogP contribution in [0.3, 0.4) is 0 Å². The number of esters is 1. The second-order valence-corrected chi connectivity index (χ2v) is 15.9. The quantitative estimate of drug-likeness (QED) is 0.165. The average Bonchev–Trinajstić information content (AvgIpc) is 2.87. The molecule has 1 heterocycles. The van der Waals surface area contributed by atoms with E-state index in [4.69, 9.17) is 13.7 Å². The highest BCUT2D eigenvalue weighted by Crippen LogP contribution is 2.40. The molecule has 0 saturated heterocycles. The van der Waals surface area contributed by atoms with Gasteiger partial charge >= 0.3 is 13.8 Å². The summed E-state index contributed by atoms with van der Waals surface area (Å²) in [7, 11) is -7.71. The molecule has 0 bridgehead atoms. The fraction of sp³-hybridized carbons (Fsp3) is 0.393. The second-order valence-electron chi connectivity index (χ2n) is 10.5. The number of carbonyl (C=O) groups is 1. The summed E-state index contributed by atoms with van der Waals surface area (Å²) in [6.45, 7) is 7.79. The number of hydrogen-bond donors (Lipinski definition) is 3. The monoisotopic (exact) mass is 560 g/mol. The Balaban J connectivity index is 1.99. The molecule has 0 spiro atoms. The van der Waals surface area contributed by atoms with Gasteiger partial charge in [-0.2, -0.15) is 0 Å². The van der Waals surface area contributed by atoms with Crippen LogP contribution < -0.4 is 10.4 Å². The lowest BCUT2D eigenvalue weighted by molar-refractivity contribution is -0.145. The molecule has 0 radical (unpaired) electrons. The maximum atomic E-state index is 12.2. The van der Waals surface area contributed by atoms with Crippen molar-refractivity contribution >= 4 is 32.5 Å². The number of ether oxygens (including phenoxy) is 1. The van der Waals surface area contributed by atoms with E-state index in [2.05, 4.69) is 45.0 Å². The summed E-state index contributed by atoms with van der Waals surface area (Å²) < 4.78 is 29.0. The van der Waals surface area contributed by atoms with Crippen molar-refractivity contribution in [2.45, 2.75) is 57.5 Å². The Morgan fingerprint density at radius 3 is 2.08 bits per heavy atom. The first-order valence-corrected chi connectivity index (χ1v) is 16.0. The third-order valence-electron chi connectivity index (χ3n) is 6.62. The maximum Gasteiger partial charge on any atom is 0.469 e. The fourth-order valence-electron chi connectivity index (χ4n) is 4.69. The molecule has 38 heavy (non-hydrogen) atoms. The van der Waals surface area contributed by atoms with Crippen LogP contribution in [0.25, 0.3) is 0 Å². The van der Waals surface area contributed by atoms with Gasteiger partial charge in [0.15, 0.2) is 0 Å². The number of carbonyl (C=O) groups excluding carboxylic acids is 1. The molecule has 0 aliphatic carbocycles. The SMILES string of the molecule is C[C@@H](CO)[C@H](C/C=C/[C@@H]1OC(=O)C=C[C@@H]1O[Si](c1ccccc1)(c1ccccc1)C(C)(C)C)OP(=O)(O)O. The van der Waals surface area contributed by atoms with E-state index < -0.39 is 46.3 Å². The van der Waals surface area contributed by atoms with Crippen molar-refractivity contribution in [2.75, 3.05) is 6.61 Å². The molecule has 0 amide bonds. The first kappa shape index (κ1) is 30.2. The van der Waals surface area contributed by atoms with Gasteiger partial charge in [-0.05, 0) is 34.0 Å². The summed E-state index contributed by atoms with van der Waals surface area (Å²) in [5, 5.41) is 11.4. The number of benzene rings is 2. The average molecular weight is 561 g/mol. The lowest BCUT2D eigenvalue weighted by atomic mass is 10.0. The highest BCUT2D eigenvalue weighted by Gasteiger charge is 2.52. The van der Waals surface area contributed by atoms with Crippen LogP contribution in [0.4, 0.5) is 0 Å². The molecule has 0 aromatic heterocycles. The van der Waals surface area contributed by atoms with Crippen molar-refractivity contribution in [3.05, 3.63) is 85.0 Å². The van der Waals surface area contributed by atoms with Crippen LogP contribution in [0, 0.1) is 5.92 Å². The van der Waals surface area contributed by atoms with Crippen LogP contribution in [-0.2, 0) is 23.0 Å². The molecular weight excluding hydrogens is 523 g/mol. The van der Waals surface area contributed by atoms with Crippen LogP contribution in [0.1, 0.15) is 34.1 Å². The predicted octanol–water partition coefficient (Wildman–Crippen LogP) is 3.47. The molecule has 0 saturated carbocycles. The number of cyclic esters (lactones) is 1. The second kappa shape index (κ2) is 12.7.